The molecule has 1 heterocycles. The highest BCUT2D eigenvalue weighted by Crippen LogP contribution is 2.22. The number of likely N-dealkylation sites (tertiary alicyclic amines) is 1. The van der Waals surface area contributed by atoms with Crippen molar-refractivity contribution in [3.63, 3.8) is 0 Å². The quantitative estimate of drug-likeness (QED) is 0.857. The second-order valence-electron chi connectivity index (χ2n) is 5.83. The van der Waals surface area contributed by atoms with Gasteiger partial charge in [0.1, 0.15) is 0 Å². The Labute approximate surface area is 142 Å². The molecule has 1 aliphatic rings. The van der Waals surface area contributed by atoms with E-state index in [1.807, 2.05) is 6.07 Å². The Morgan fingerprint density at radius 2 is 1.54 bits per heavy atom. The Bertz CT molecular complexity index is 811. The number of carbonyl (C=O) groups excluding carboxylic acids is 1. The molecule has 0 spiro atoms. The van der Waals surface area contributed by atoms with E-state index in [1.165, 1.54) is 23.5 Å². The van der Waals surface area contributed by atoms with Crippen molar-refractivity contribution >= 4 is 21.6 Å². The lowest BCUT2D eigenvalue weighted by molar-refractivity contribution is 0.0792. The van der Waals surface area contributed by atoms with Crippen LogP contribution in [0.5, 0.6) is 0 Å². The van der Waals surface area contributed by atoms with Crippen LogP contribution in [0.25, 0.3) is 0 Å². The number of hydrogen-bond acceptors (Lipinski definition) is 3. The van der Waals surface area contributed by atoms with Crippen molar-refractivity contribution in [2.24, 2.45) is 0 Å². The Balaban J connectivity index is 1.83. The maximum atomic E-state index is 12.7. The van der Waals surface area contributed by atoms with Crippen molar-refractivity contribution in [1.29, 1.82) is 0 Å². The van der Waals surface area contributed by atoms with Crippen molar-refractivity contribution in [1.82, 2.24) is 4.90 Å². The van der Waals surface area contributed by atoms with Gasteiger partial charge in [0.25, 0.3) is 15.9 Å². The lowest BCUT2D eigenvalue weighted by atomic mass is 10.2. The lowest BCUT2D eigenvalue weighted by Crippen LogP contribution is -2.28. The zero-order chi connectivity index (χ0) is 17.2. The van der Waals surface area contributed by atoms with Crippen LogP contribution in [0.2, 0.25) is 0 Å². The third-order valence-electron chi connectivity index (χ3n) is 4.27. The van der Waals surface area contributed by atoms with Gasteiger partial charge in [-0.25, -0.2) is 8.42 Å². The average Bonchev–Trinajstić information content (AvgIpc) is 3.16. The number of rotatable bonds is 4. The molecule has 0 atom stereocenters. The Kier molecular flexibility index (Phi) is 4.57. The summed E-state index contributed by atoms with van der Waals surface area (Å²) in [6, 6.07) is 15.1. The molecule has 0 N–H and O–H groups in total. The largest absolute Gasteiger partial charge is 0.339 e. The Morgan fingerprint density at radius 1 is 0.958 bits per heavy atom. The predicted octanol–water partition coefficient (Wildman–Crippen LogP) is 2.75. The van der Waals surface area contributed by atoms with Gasteiger partial charge in [-0.15, -0.1) is 0 Å². The molecular formula is C18H20N2O3S. The number of anilines is 1. The fourth-order valence-electron chi connectivity index (χ4n) is 2.81. The van der Waals surface area contributed by atoms with Crippen LogP contribution in [0, 0.1) is 0 Å². The summed E-state index contributed by atoms with van der Waals surface area (Å²) in [5.41, 5.74) is 1.12. The van der Waals surface area contributed by atoms with Gasteiger partial charge >= 0.3 is 0 Å². The molecule has 0 radical (unpaired) electrons. The summed E-state index contributed by atoms with van der Waals surface area (Å²) in [6.45, 7) is 1.55. The summed E-state index contributed by atoms with van der Waals surface area (Å²) in [4.78, 5) is 14.3. The van der Waals surface area contributed by atoms with Gasteiger partial charge in [-0.3, -0.25) is 9.10 Å². The molecular weight excluding hydrogens is 324 g/mol. The molecule has 5 nitrogen and oxygen atoms in total. The van der Waals surface area contributed by atoms with E-state index in [9.17, 15) is 13.2 Å². The van der Waals surface area contributed by atoms with E-state index in [0.29, 0.717) is 11.3 Å². The van der Waals surface area contributed by atoms with E-state index < -0.39 is 10.0 Å². The monoisotopic (exact) mass is 344 g/mol. The average molecular weight is 344 g/mol. The summed E-state index contributed by atoms with van der Waals surface area (Å²) in [5.74, 6) is -0.0344. The van der Waals surface area contributed by atoms with E-state index in [1.54, 1.807) is 41.3 Å². The van der Waals surface area contributed by atoms with Gasteiger partial charge in [0, 0.05) is 25.7 Å². The third-order valence-corrected chi connectivity index (χ3v) is 6.07. The highest BCUT2D eigenvalue weighted by molar-refractivity contribution is 7.92. The molecule has 1 fully saturated rings. The summed E-state index contributed by atoms with van der Waals surface area (Å²) in [6.07, 6.45) is 2.06. The molecule has 3 rings (SSSR count). The first-order valence-corrected chi connectivity index (χ1v) is 9.37. The number of sulfonamides is 1. The molecule has 24 heavy (non-hydrogen) atoms. The van der Waals surface area contributed by atoms with Gasteiger partial charge in [-0.1, -0.05) is 18.2 Å². The van der Waals surface area contributed by atoms with Crippen molar-refractivity contribution < 1.29 is 13.2 Å². The van der Waals surface area contributed by atoms with E-state index in [2.05, 4.69) is 0 Å². The molecule has 2 aromatic rings. The van der Waals surface area contributed by atoms with Gasteiger partial charge < -0.3 is 4.90 Å². The van der Waals surface area contributed by atoms with Gasteiger partial charge in [-0.2, -0.15) is 0 Å². The molecule has 1 amide bonds. The van der Waals surface area contributed by atoms with Gasteiger partial charge in [0.15, 0.2) is 0 Å². The van der Waals surface area contributed by atoms with Crippen molar-refractivity contribution in [3.8, 4) is 0 Å². The maximum Gasteiger partial charge on any atom is 0.264 e. The first-order chi connectivity index (χ1) is 11.5. The second kappa shape index (κ2) is 6.65. The summed E-state index contributed by atoms with van der Waals surface area (Å²) in [7, 11) is -2.12. The minimum absolute atomic E-state index is 0.0344. The van der Waals surface area contributed by atoms with Crippen molar-refractivity contribution in [2.45, 2.75) is 17.7 Å². The summed E-state index contributed by atoms with van der Waals surface area (Å²) >= 11 is 0. The smallest absolute Gasteiger partial charge is 0.264 e. The zero-order valence-corrected chi connectivity index (χ0v) is 14.4. The molecule has 0 saturated carbocycles. The fraction of sp³-hybridized carbons (Fsp3) is 0.278. The van der Waals surface area contributed by atoms with Crippen LogP contribution in [0.4, 0.5) is 5.69 Å². The van der Waals surface area contributed by atoms with E-state index in [0.717, 1.165) is 25.9 Å². The predicted molar refractivity (Wildman–Crippen MR) is 93.6 cm³/mol. The fourth-order valence-corrected chi connectivity index (χ4v) is 4.00. The first kappa shape index (κ1) is 16.5. The highest BCUT2D eigenvalue weighted by Gasteiger charge is 2.23. The second-order valence-corrected chi connectivity index (χ2v) is 7.80. The van der Waals surface area contributed by atoms with Crippen LogP contribution >= 0.6 is 0 Å². The lowest BCUT2D eigenvalue weighted by Gasteiger charge is -2.20. The van der Waals surface area contributed by atoms with Crippen LogP contribution in [-0.4, -0.2) is 39.4 Å². The normalized spacial score (nSPS) is 14.6. The number of amides is 1. The molecule has 0 unspecified atom stereocenters. The van der Waals surface area contributed by atoms with Crippen LogP contribution < -0.4 is 4.31 Å². The van der Waals surface area contributed by atoms with Gasteiger partial charge in [0.2, 0.25) is 0 Å². The van der Waals surface area contributed by atoms with Crippen LogP contribution in [0.1, 0.15) is 23.2 Å². The molecule has 6 heteroatoms. The van der Waals surface area contributed by atoms with Crippen molar-refractivity contribution in [3.05, 3.63) is 60.2 Å². The molecule has 1 aliphatic heterocycles. The number of carbonyl (C=O) groups is 1. The molecule has 1 saturated heterocycles. The van der Waals surface area contributed by atoms with E-state index in [4.69, 9.17) is 0 Å². The molecule has 2 aromatic carbocycles. The van der Waals surface area contributed by atoms with Gasteiger partial charge in [-0.05, 0) is 49.2 Å². The number of nitrogens with zero attached hydrogens (tertiary/aromatic N) is 2. The molecule has 0 aromatic heterocycles. The molecule has 126 valence electrons. The SMILES string of the molecule is CN(c1ccccc1)S(=O)(=O)c1ccc(C(=O)N2CCCC2)cc1. The summed E-state index contributed by atoms with van der Waals surface area (Å²) in [5, 5.41) is 0. The standard InChI is InChI=1S/C18H20N2O3S/c1-19(16-7-3-2-4-8-16)24(22,23)17-11-9-15(10-12-17)18(21)20-13-5-6-14-20/h2-4,7-12H,5-6,13-14H2,1H3. The zero-order valence-electron chi connectivity index (χ0n) is 13.6. The van der Waals surface area contributed by atoms with Crippen LogP contribution in [-0.2, 0) is 10.0 Å². The number of hydrogen-bond donors (Lipinski definition) is 0. The molecule has 0 aliphatic carbocycles. The van der Waals surface area contributed by atoms with Crippen LogP contribution in [0.15, 0.2) is 59.5 Å². The minimum atomic E-state index is -3.65. The van der Waals surface area contributed by atoms with Crippen LogP contribution in [0.3, 0.4) is 0 Å². The minimum Gasteiger partial charge on any atom is -0.339 e. The molecule has 0 bridgehead atoms. The maximum absolute atomic E-state index is 12.7. The van der Waals surface area contributed by atoms with Crippen molar-refractivity contribution in [2.75, 3.05) is 24.4 Å². The summed E-state index contributed by atoms with van der Waals surface area (Å²) < 4.78 is 26.6. The van der Waals surface area contributed by atoms with E-state index >= 15 is 0 Å². The highest BCUT2D eigenvalue weighted by atomic mass is 32.2. The first-order valence-electron chi connectivity index (χ1n) is 7.93. The third kappa shape index (κ3) is 3.14. The Morgan fingerprint density at radius 3 is 2.12 bits per heavy atom. The van der Waals surface area contributed by atoms with E-state index in [-0.39, 0.29) is 10.8 Å². The van der Waals surface area contributed by atoms with Gasteiger partial charge in [0.05, 0.1) is 10.6 Å². The number of benzene rings is 2. The Hall–Kier alpha value is -2.34. The topological polar surface area (TPSA) is 57.7 Å². The number of para-hydroxylation sites is 1.